The lowest BCUT2D eigenvalue weighted by atomic mass is 9.93. The molecule has 3 rings (SSSR count). The second kappa shape index (κ2) is 4.72. The molecule has 0 saturated heterocycles. The molecule has 0 aromatic carbocycles. The minimum Gasteiger partial charge on any atom is -0.393 e. The van der Waals surface area contributed by atoms with Gasteiger partial charge < -0.3 is 10.8 Å². The van der Waals surface area contributed by atoms with E-state index >= 15 is 0 Å². The first kappa shape index (κ1) is 12.8. The first-order valence-corrected chi connectivity index (χ1v) is 6.58. The van der Waals surface area contributed by atoms with Crippen molar-refractivity contribution < 1.29 is 9.90 Å². The number of fused-ring (bicyclic) bond motifs is 1. The van der Waals surface area contributed by atoms with Crippen LogP contribution in [0.2, 0.25) is 0 Å². The number of nitrogens with zero attached hydrogens (tertiary/aromatic N) is 3. The topological polar surface area (TPSA) is 94.0 Å². The third-order valence-electron chi connectivity index (χ3n) is 3.60. The van der Waals surface area contributed by atoms with Crippen LogP contribution in [0.15, 0.2) is 18.3 Å². The van der Waals surface area contributed by atoms with Gasteiger partial charge in [-0.25, -0.2) is 9.67 Å². The van der Waals surface area contributed by atoms with Gasteiger partial charge in [-0.05, 0) is 37.5 Å². The smallest absolute Gasteiger partial charge is 0.269 e. The molecular formula is C14H16N4O2. The van der Waals surface area contributed by atoms with E-state index < -0.39 is 12.0 Å². The maximum Gasteiger partial charge on any atom is 0.269 e. The van der Waals surface area contributed by atoms with Gasteiger partial charge >= 0.3 is 0 Å². The van der Waals surface area contributed by atoms with E-state index in [1.807, 2.05) is 19.1 Å². The monoisotopic (exact) mass is 272 g/mol. The van der Waals surface area contributed by atoms with E-state index in [4.69, 9.17) is 5.73 Å². The lowest BCUT2D eigenvalue weighted by molar-refractivity contribution is 0.0993. The summed E-state index contributed by atoms with van der Waals surface area (Å²) in [6.07, 6.45) is 2.98. The Hall–Kier alpha value is -2.21. The Labute approximate surface area is 116 Å². The molecule has 3 N–H and O–H groups in total. The highest BCUT2D eigenvalue weighted by Crippen LogP contribution is 2.26. The molecule has 2 aromatic heterocycles. The number of primary amides is 1. The van der Waals surface area contributed by atoms with Gasteiger partial charge in [-0.3, -0.25) is 4.79 Å². The van der Waals surface area contributed by atoms with Crippen LogP contribution in [-0.4, -0.2) is 31.9 Å². The van der Waals surface area contributed by atoms with Crippen molar-refractivity contribution in [3.8, 4) is 5.82 Å². The van der Waals surface area contributed by atoms with Crippen LogP contribution >= 0.6 is 0 Å². The molecule has 6 nitrogen and oxygen atoms in total. The number of aromatic nitrogens is 3. The van der Waals surface area contributed by atoms with Crippen molar-refractivity contribution >= 4 is 5.91 Å². The molecule has 20 heavy (non-hydrogen) atoms. The van der Waals surface area contributed by atoms with E-state index in [0.717, 1.165) is 16.8 Å². The molecule has 2 heterocycles. The third kappa shape index (κ3) is 2.08. The summed E-state index contributed by atoms with van der Waals surface area (Å²) in [6, 6.07) is 3.78. The average Bonchev–Trinajstić information content (AvgIpc) is 2.77. The van der Waals surface area contributed by atoms with Crippen LogP contribution in [0.5, 0.6) is 0 Å². The average molecular weight is 272 g/mol. The van der Waals surface area contributed by atoms with Crippen molar-refractivity contribution in [1.29, 1.82) is 0 Å². The van der Waals surface area contributed by atoms with E-state index in [1.165, 1.54) is 0 Å². The van der Waals surface area contributed by atoms with Gasteiger partial charge in [-0.1, -0.05) is 0 Å². The highest BCUT2D eigenvalue weighted by Gasteiger charge is 2.28. The summed E-state index contributed by atoms with van der Waals surface area (Å²) in [5.74, 6) is 0.104. The fraction of sp³-hybridized carbons (Fsp3) is 0.357. The maximum atomic E-state index is 11.5. The van der Waals surface area contributed by atoms with Gasteiger partial charge in [-0.15, -0.1) is 0 Å². The number of carbonyl (C=O) groups excluding carboxylic acids is 1. The summed E-state index contributed by atoms with van der Waals surface area (Å²) in [4.78, 5) is 15.8. The molecule has 6 heteroatoms. The fourth-order valence-electron chi connectivity index (χ4n) is 2.62. The summed E-state index contributed by atoms with van der Waals surface area (Å²) < 4.78 is 1.63. The zero-order valence-electron chi connectivity index (χ0n) is 11.2. The van der Waals surface area contributed by atoms with Crippen molar-refractivity contribution in [3.63, 3.8) is 0 Å². The van der Waals surface area contributed by atoms with Crippen LogP contribution in [0.1, 0.15) is 33.7 Å². The van der Waals surface area contributed by atoms with Crippen LogP contribution in [0.25, 0.3) is 5.82 Å². The van der Waals surface area contributed by atoms with Gasteiger partial charge in [0.15, 0.2) is 11.5 Å². The number of rotatable bonds is 2. The molecule has 0 radical (unpaired) electrons. The molecule has 0 saturated carbocycles. The molecular weight excluding hydrogens is 256 g/mol. The van der Waals surface area contributed by atoms with E-state index in [-0.39, 0.29) is 5.69 Å². The fourth-order valence-corrected chi connectivity index (χ4v) is 2.62. The SMILES string of the molecule is Cc1ccnc(-n2nc(C(N)=O)c3c2CC(O)CC3)c1. The Morgan fingerprint density at radius 2 is 2.35 bits per heavy atom. The van der Waals surface area contributed by atoms with Gasteiger partial charge in [0.25, 0.3) is 5.91 Å². The molecule has 0 aliphatic heterocycles. The molecule has 2 aromatic rings. The van der Waals surface area contributed by atoms with Crippen LogP contribution < -0.4 is 5.73 Å². The van der Waals surface area contributed by atoms with Crippen molar-refractivity contribution in [3.05, 3.63) is 40.8 Å². The molecule has 1 atom stereocenters. The van der Waals surface area contributed by atoms with Crippen LogP contribution in [0.3, 0.4) is 0 Å². The number of aliphatic hydroxyl groups is 1. The number of hydrogen-bond acceptors (Lipinski definition) is 4. The number of hydrogen-bond donors (Lipinski definition) is 2. The molecule has 0 bridgehead atoms. The van der Waals surface area contributed by atoms with Crippen LogP contribution in [-0.2, 0) is 12.8 Å². The first-order chi connectivity index (χ1) is 9.56. The highest BCUT2D eigenvalue weighted by atomic mass is 16.3. The predicted octanol–water partition coefficient (Wildman–Crippen LogP) is 0.524. The van der Waals surface area contributed by atoms with Gasteiger partial charge in [0.05, 0.1) is 11.8 Å². The van der Waals surface area contributed by atoms with E-state index in [2.05, 4.69) is 10.1 Å². The number of pyridine rings is 1. The molecule has 1 aliphatic rings. The van der Waals surface area contributed by atoms with E-state index in [9.17, 15) is 9.90 Å². The maximum absolute atomic E-state index is 11.5. The summed E-state index contributed by atoms with van der Waals surface area (Å²) in [6.45, 7) is 1.96. The van der Waals surface area contributed by atoms with Gasteiger partial charge in [-0.2, -0.15) is 5.10 Å². The largest absolute Gasteiger partial charge is 0.393 e. The van der Waals surface area contributed by atoms with Crippen LogP contribution in [0.4, 0.5) is 0 Å². The lowest BCUT2D eigenvalue weighted by Gasteiger charge is -2.18. The molecule has 1 amide bonds. The number of aliphatic hydroxyl groups excluding tert-OH is 1. The van der Waals surface area contributed by atoms with Crippen LogP contribution in [0, 0.1) is 6.92 Å². The van der Waals surface area contributed by atoms with Crippen molar-refractivity contribution in [2.75, 3.05) is 0 Å². The lowest BCUT2D eigenvalue weighted by Crippen LogP contribution is -2.22. The Morgan fingerprint density at radius 3 is 3.05 bits per heavy atom. The minimum atomic E-state index is -0.538. The number of carbonyl (C=O) groups is 1. The second-order valence-corrected chi connectivity index (χ2v) is 5.14. The summed E-state index contributed by atoms with van der Waals surface area (Å²) in [5, 5.41) is 14.2. The quantitative estimate of drug-likeness (QED) is 0.833. The van der Waals surface area contributed by atoms with Gasteiger partial charge in [0.2, 0.25) is 0 Å². The second-order valence-electron chi connectivity index (χ2n) is 5.14. The Kier molecular flexibility index (Phi) is 3.02. The van der Waals surface area contributed by atoms with Crippen molar-refractivity contribution in [2.24, 2.45) is 5.73 Å². The predicted molar refractivity (Wildman–Crippen MR) is 72.6 cm³/mol. The van der Waals surface area contributed by atoms with Gasteiger partial charge in [0, 0.05) is 18.2 Å². The first-order valence-electron chi connectivity index (χ1n) is 6.58. The van der Waals surface area contributed by atoms with Gasteiger partial charge in [0.1, 0.15) is 0 Å². The Bertz CT molecular complexity index is 678. The standard InChI is InChI=1S/C14H16N4O2/c1-8-4-5-16-12(6-8)18-11-7-9(19)2-3-10(11)13(17-18)14(15)20/h4-6,9,19H,2-3,7H2,1H3,(H2,15,20). The molecule has 1 aliphatic carbocycles. The molecule has 0 fully saturated rings. The van der Waals surface area contributed by atoms with E-state index in [1.54, 1.807) is 10.9 Å². The Morgan fingerprint density at radius 1 is 1.55 bits per heavy atom. The number of nitrogens with two attached hydrogens (primary N) is 1. The highest BCUT2D eigenvalue weighted by molar-refractivity contribution is 5.92. The normalized spacial score (nSPS) is 17.8. The summed E-state index contributed by atoms with van der Waals surface area (Å²) >= 11 is 0. The zero-order valence-corrected chi connectivity index (χ0v) is 11.2. The van der Waals surface area contributed by atoms with Crippen molar-refractivity contribution in [1.82, 2.24) is 14.8 Å². The molecule has 1 unspecified atom stereocenters. The summed E-state index contributed by atoms with van der Waals surface area (Å²) in [5.41, 5.74) is 8.40. The van der Waals surface area contributed by atoms with E-state index in [0.29, 0.717) is 25.1 Å². The molecule has 0 spiro atoms. The third-order valence-corrected chi connectivity index (χ3v) is 3.60. The summed E-state index contributed by atoms with van der Waals surface area (Å²) in [7, 11) is 0. The molecule has 104 valence electrons. The zero-order chi connectivity index (χ0) is 14.3. The Balaban J connectivity index is 2.18. The minimum absolute atomic E-state index is 0.287. The van der Waals surface area contributed by atoms with Crippen molar-refractivity contribution in [2.45, 2.75) is 32.3 Å². The number of amides is 1. The number of aryl methyl sites for hydroxylation is 1.